The molecule has 2 rings (SSSR count). The number of aromatic carboxylic acids is 1. The van der Waals surface area contributed by atoms with Crippen LogP contribution in [0.2, 0.25) is 0 Å². The van der Waals surface area contributed by atoms with Gasteiger partial charge in [-0.05, 0) is 19.9 Å². The number of hydrogen-bond donors (Lipinski definition) is 2. The van der Waals surface area contributed by atoms with Gasteiger partial charge >= 0.3 is 5.97 Å². The highest BCUT2D eigenvalue weighted by molar-refractivity contribution is 7.92. The van der Waals surface area contributed by atoms with Crippen molar-refractivity contribution >= 4 is 21.9 Å². The van der Waals surface area contributed by atoms with Gasteiger partial charge in [0.2, 0.25) is 5.88 Å². The third-order valence-electron chi connectivity index (χ3n) is 2.89. The van der Waals surface area contributed by atoms with E-state index in [1.54, 1.807) is 13.8 Å². The van der Waals surface area contributed by atoms with E-state index >= 15 is 0 Å². The van der Waals surface area contributed by atoms with Gasteiger partial charge in [-0.25, -0.2) is 17.9 Å². The molecule has 0 radical (unpaired) electrons. The summed E-state index contributed by atoms with van der Waals surface area (Å²) in [6.45, 7) is 3.35. The van der Waals surface area contributed by atoms with Gasteiger partial charge < -0.3 is 14.2 Å². The first-order valence-corrected chi connectivity index (χ1v) is 7.06. The molecule has 0 amide bonds. The molecule has 2 aromatic heterocycles. The van der Waals surface area contributed by atoms with Gasteiger partial charge in [0.1, 0.15) is 10.6 Å². The van der Waals surface area contributed by atoms with Crippen molar-refractivity contribution in [2.75, 3.05) is 4.72 Å². The van der Waals surface area contributed by atoms with Crippen LogP contribution >= 0.6 is 0 Å². The number of nitrogens with zero attached hydrogens (tertiary/aromatic N) is 2. The number of nitrogens with one attached hydrogen (secondary N) is 1. The van der Waals surface area contributed by atoms with Crippen molar-refractivity contribution in [2.45, 2.75) is 18.7 Å². The van der Waals surface area contributed by atoms with E-state index in [2.05, 4.69) is 9.88 Å². The van der Waals surface area contributed by atoms with Crippen LogP contribution in [0.1, 0.15) is 21.7 Å². The summed E-state index contributed by atoms with van der Waals surface area (Å²) in [5.74, 6) is -1.19. The Kier molecular flexibility index (Phi) is 3.30. The molecule has 0 aliphatic heterocycles. The van der Waals surface area contributed by atoms with E-state index in [4.69, 9.17) is 9.63 Å². The molecule has 0 atom stereocenters. The summed E-state index contributed by atoms with van der Waals surface area (Å²) in [6.07, 6.45) is 1.21. The molecule has 9 heteroatoms. The van der Waals surface area contributed by atoms with E-state index in [9.17, 15) is 13.2 Å². The summed E-state index contributed by atoms with van der Waals surface area (Å²) in [4.78, 5) is 10.8. The molecule has 0 saturated heterocycles. The van der Waals surface area contributed by atoms with Crippen LogP contribution in [0.5, 0.6) is 0 Å². The molecule has 0 fully saturated rings. The first-order chi connectivity index (χ1) is 9.22. The first-order valence-electron chi connectivity index (χ1n) is 5.57. The van der Waals surface area contributed by atoms with Crippen molar-refractivity contribution in [3.63, 3.8) is 0 Å². The molecule has 0 aliphatic carbocycles. The number of anilines is 1. The van der Waals surface area contributed by atoms with Crippen LogP contribution in [0.3, 0.4) is 0 Å². The van der Waals surface area contributed by atoms with Gasteiger partial charge in [-0.15, -0.1) is 0 Å². The number of aryl methyl sites for hydroxylation is 2. The third-order valence-corrected chi connectivity index (χ3v) is 4.19. The topological polar surface area (TPSA) is 114 Å². The van der Waals surface area contributed by atoms with Crippen molar-refractivity contribution in [2.24, 2.45) is 7.05 Å². The molecule has 108 valence electrons. The minimum atomic E-state index is -3.93. The minimum absolute atomic E-state index is 0.0169. The normalized spacial score (nSPS) is 11.6. The second kappa shape index (κ2) is 4.67. The number of carboxylic acid groups (broad SMARTS) is 1. The Morgan fingerprint density at radius 2 is 2.10 bits per heavy atom. The molecule has 0 unspecified atom stereocenters. The van der Waals surface area contributed by atoms with Crippen LogP contribution < -0.4 is 4.72 Å². The molecule has 0 bridgehead atoms. The van der Waals surface area contributed by atoms with Crippen LogP contribution in [0.25, 0.3) is 0 Å². The van der Waals surface area contributed by atoms with E-state index < -0.39 is 16.0 Å². The lowest BCUT2D eigenvalue weighted by Crippen LogP contribution is -2.12. The molecule has 20 heavy (non-hydrogen) atoms. The van der Waals surface area contributed by atoms with Gasteiger partial charge in [0.25, 0.3) is 10.0 Å². The number of carboxylic acids is 1. The summed E-state index contributed by atoms with van der Waals surface area (Å²) in [7, 11) is -2.47. The Bertz CT molecular complexity index is 772. The Morgan fingerprint density at radius 3 is 2.55 bits per heavy atom. The third kappa shape index (κ3) is 2.39. The maximum atomic E-state index is 12.1. The average Bonchev–Trinajstić information content (AvgIpc) is 2.87. The highest BCUT2D eigenvalue weighted by Crippen LogP contribution is 2.22. The van der Waals surface area contributed by atoms with Gasteiger partial charge in [-0.2, -0.15) is 0 Å². The van der Waals surface area contributed by atoms with E-state index in [0.717, 1.165) is 6.07 Å². The SMILES string of the molecule is Cc1noc(NS(=O)(=O)c2cc(C(=O)O)n(C)c2)c1C. The van der Waals surface area contributed by atoms with E-state index in [1.807, 2.05) is 0 Å². The standard InChI is InChI=1S/C11H13N3O5S/c1-6-7(2)12-19-10(6)13-20(17,18)8-4-9(11(15)16)14(3)5-8/h4-5,13H,1-3H3,(H,15,16). The fourth-order valence-corrected chi connectivity index (χ4v) is 2.70. The molecule has 2 heterocycles. The zero-order chi connectivity index (χ0) is 15.1. The quantitative estimate of drug-likeness (QED) is 0.874. The van der Waals surface area contributed by atoms with E-state index in [-0.39, 0.29) is 16.5 Å². The molecule has 0 aliphatic rings. The molecule has 0 spiro atoms. The van der Waals surface area contributed by atoms with Crippen LogP contribution in [0.15, 0.2) is 21.7 Å². The summed E-state index contributed by atoms with van der Waals surface area (Å²) in [6, 6.07) is 1.07. The maximum Gasteiger partial charge on any atom is 0.352 e. The van der Waals surface area contributed by atoms with Gasteiger partial charge in [0, 0.05) is 18.8 Å². The fourth-order valence-electron chi connectivity index (χ4n) is 1.59. The summed E-state index contributed by atoms with van der Waals surface area (Å²) < 4.78 is 32.6. The second-order valence-electron chi connectivity index (χ2n) is 4.30. The number of rotatable bonds is 4. The number of carbonyl (C=O) groups is 1. The lowest BCUT2D eigenvalue weighted by Gasteiger charge is -2.02. The molecule has 0 saturated carbocycles. The zero-order valence-electron chi connectivity index (χ0n) is 11.0. The van der Waals surface area contributed by atoms with Gasteiger partial charge in [0.15, 0.2) is 0 Å². The highest BCUT2D eigenvalue weighted by Gasteiger charge is 2.23. The van der Waals surface area contributed by atoms with Gasteiger partial charge in [-0.1, -0.05) is 5.16 Å². The molecule has 2 aromatic rings. The van der Waals surface area contributed by atoms with Crippen molar-refractivity contribution in [3.05, 3.63) is 29.2 Å². The molecular formula is C11H13N3O5S. The van der Waals surface area contributed by atoms with Gasteiger partial charge in [-0.3, -0.25) is 0 Å². The van der Waals surface area contributed by atoms with Crippen molar-refractivity contribution in [1.29, 1.82) is 0 Å². The lowest BCUT2D eigenvalue weighted by molar-refractivity contribution is 0.0686. The monoisotopic (exact) mass is 299 g/mol. The van der Waals surface area contributed by atoms with Gasteiger partial charge in [0.05, 0.1) is 5.69 Å². The Morgan fingerprint density at radius 1 is 1.45 bits per heavy atom. The largest absolute Gasteiger partial charge is 0.477 e. The summed E-state index contributed by atoms with van der Waals surface area (Å²) >= 11 is 0. The predicted molar refractivity (Wildman–Crippen MR) is 69.2 cm³/mol. The second-order valence-corrected chi connectivity index (χ2v) is 5.99. The highest BCUT2D eigenvalue weighted by atomic mass is 32.2. The smallest absolute Gasteiger partial charge is 0.352 e. The number of hydrogen-bond acceptors (Lipinski definition) is 5. The number of sulfonamides is 1. The minimum Gasteiger partial charge on any atom is -0.477 e. The molecule has 8 nitrogen and oxygen atoms in total. The Hall–Kier alpha value is -2.29. The van der Waals surface area contributed by atoms with Crippen LogP contribution in [0.4, 0.5) is 5.88 Å². The molecule has 2 N–H and O–H groups in total. The predicted octanol–water partition coefficient (Wildman–Crippen LogP) is 1.13. The van der Waals surface area contributed by atoms with Crippen molar-refractivity contribution < 1.29 is 22.8 Å². The lowest BCUT2D eigenvalue weighted by atomic mass is 10.3. The Labute approximate surface area is 115 Å². The van der Waals surface area contributed by atoms with E-state index in [1.165, 1.54) is 17.8 Å². The summed E-state index contributed by atoms with van der Waals surface area (Å²) in [5, 5.41) is 12.6. The first kappa shape index (κ1) is 14.1. The average molecular weight is 299 g/mol. The van der Waals surface area contributed by atoms with Crippen LogP contribution in [-0.2, 0) is 17.1 Å². The zero-order valence-corrected chi connectivity index (χ0v) is 11.9. The summed E-state index contributed by atoms with van der Waals surface area (Å²) in [5.41, 5.74) is 1.01. The maximum absolute atomic E-state index is 12.1. The van der Waals surface area contributed by atoms with E-state index in [0.29, 0.717) is 11.3 Å². The van der Waals surface area contributed by atoms with Crippen LogP contribution in [0, 0.1) is 13.8 Å². The molecular weight excluding hydrogens is 286 g/mol. The van der Waals surface area contributed by atoms with Crippen molar-refractivity contribution in [3.8, 4) is 0 Å². The number of aromatic nitrogens is 2. The van der Waals surface area contributed by atoms with Crippen LogP contribution in [-0.4, -0.2) is 29.2 Å². The van der Waals surface area contributed by atoms with Crippen molar-refractivity contribution in [1.82, 2.24) is 9.72 Å². The molecule has 0 aromatic carbocycles. The Balaban J connectivity index is 2.38. The fraction of sp³-hybridized carbons (Fsp3) is 0.273.